The molecular weight excluding hydrogens is 473 g/mol. The second kappa shape index (κ2) is 8.62. The summed E-state index contributed by atoms with van der Waals surface area (Å²) in [5, 5.41) is 17.2. The van der Waals surface area contributed by atoms with Gasteiger partial charge in [-0.25, -0.2) is 22.8 Å². The molecule has 10 nitrogen and oxygen atoms in total. The molecular formula is C23H16FN7O3S. The number of nitriles is 1. The second-order valence-corrected chi connectivity index (χ2v) is 9.38. The van der Waals surface area contributed by atoms with E-state index in [1.807, 2.05) is 6.07 Å². The van der Waals surface area contributed by atoms with Gasteiger partial charge in [-0.1, -0.05) is 6.07 Å². The summed E-state index contributed by atoms with van der Waals surface area (Å²) < 4.78 is 46.8. The Kier molecular flexibility index (Phi) is 5.46. The van der Waals surface area contributed by atoms with E-state index in [0.29, 0.717) is 16.9 Å². The van der Waals surface area contributed by atoms with Gasteiger partial charge in [-0.05, 0) is 24.3 Å². The van der Waals surface area contributed by atoms with Crippen molar-refractivity contribution < 1.29 is 17.5 Å². The third-order valence-electron chi connectivity index (χ3n) is 5.42. The van der Waals surface area contributed by atoms with E-state index in [0.717, 1.165) is 0 Å². The molecule has 0 bridgehead atoms. The highest BCUT2D eigenvalue weighted by atomic mass is 32.2. The van der Waals surface area contributed by atoms with Gasteiger partial charge in [-0.15, -0.1) is 0 Å². The summed E-state index contributed by atoms with van der Waals surface area (Å²) in [4.78, 5) is 15.0. The molecule has 0 aliphatic carbocycles. The van der Waals surface area contributed by atoms with Crippen LogP contribution in [0.3, 0.4) is 0 Å². The predicted molar refractivity (Wildman–Crippen MR) is 123 cm³/mol. The quantitative estimate of drug-likeness (QED) is 0.368. The Hall–Kier alpha value is -4.63. The van der Waals surface area contributed by atoms with Crippen LogP contribution in [-0.2, 0) is 15.6 Å². The third-order valence-corrected chi connectivity index (χ3v) is 7.06. The van der Waals surface area contributed by atoms with Gasteiger partial charge in [0.15, 0.2) is 21.5 Å². The fourth-order valence-corrected chi connectivity index (χ4v) is 5.25. The zero-order valence-corrected chi connectivity index (χ0v) is 19.0. The number of benzene rings is 1. The number of fused-ring (bicyclic) bond motifs is 1. The molecule has 0 radical (unpaired) electrons. The number of rotatable bonds is 6. The molecule has 0 spiro atoms. The smallest absolute Gasteiger partial charge is 0.232 e. The van der Waals surface area contributed by atoms with Crippen molar-refractivity contribution >= 4 is 20.7 Å². The minimum absolute atomic E-state index is 0.0197. The topological polar surface area (TPSA) is 150 Å². The van der Waals surface area contributed by atoms with Crippen LogP contribution in [0.15, 0.2) is 60.0 Å². The van der Waals surface area contributed by atoms with E-state index in [1.165, 1.54) is 43.8 Å². The maximum Gasteiger partial charge on any atom is 0.232 e. The lowest BCUT2D eigenvalue weighted by atomic mass is 9.98. The molecule has 0 amide bonds. The molecule has 12 heteroatoms. The normalized spacial score (nSPS) is 11.5. The number of nitrogens with one attached hydrogen (secondary N) is 2. The van der Waals surface area contributed by atoms with Crippen LogP contribution < -0.4 is 4.74 Å². The van der Waals surface area contributed by atoms with Crippen molar-refractivity contribution in [1.82, 2.24) is 30.1 Å². The number of nitrogens with zero attached hydrogens (tertiary/aromatic N) is 5. The van der Waals surface area contributed by atoms with Crippen LogP contribution in [-0.4, -0.2) is 45.7 Å². The van der Waals surface area contributed by atoms with Crippen LogP contribution in [0.25, 0.3) is 33.5 Å². The molecule has 2 N–H and O–H groups in total. The Bertz CT molecular complexity index is 1710. The first kappa shape index (κ1) is 22.2. The van der Waals surface area contributed by atoms with Crippen molar-refractivity contribution in [3.05, 3.63) is 72.2 Å². The van der Waals surface area contributed by atoms with Crippen LogP contribution in [0, 0.1) is 17.1 Å². The molecule has 0 atom stereocenters. The number of imidazole rings is 1. The maximum absolute atomic E-state index is 15.6. The second-order valence-electron chi connectivity index (χ2n) is 7.42. The minimum atomic E-state index is -3.98. The third kappa shape index (κ3) is 3.77. The SMILES string of the molecule is COc1ncccc1S(=O)(=O)Cc1nccc(-c2ccc3c(-c4ncc[nH]4)[nH]nc3c2F)c1C#N. The highest BCUT2D eigenvalue weighted by Gasteiger charge is 2.25. The number of halogens is 1. The average molecular weight is 489 g/mol. The van der Waals surface area contributed by atoms with Crippen LogP contribution >= 0.6 is 0 Å². The minimum Gasteiger partial charge on any atom is -0.480 e. The van der Waals surface area contributed by atoms with E-state index in [1.54, 1.807) is 18.5 Å². The molecule has 0 aliphatic heterocycles. The number of H-pyrrole nitrogens is 2. The van der Waals surface area contributed by atoms with Gasteiger partial charge in [0.1, 0.15) is 22.2 Å². The van der Waals surface area contributed by atoms with E-state index >= 15 is 4.39 Å². The highest BCUT2D eigenvalue weighted by molar-refractivity contribution is 7.90. The van der Waals surface area contributed by atoms with Gasteiger partial charge in [0.25, 0.3) is 0 Å². The summed E-state index contributed by atoms with van der Waals surface area (Å²) in [7, 11) is -2.67. The molecule has 0 unspecified atom stereocenters. The lowest BCUT2D eigenvalue weighted by Gasteiger charge is -2.12. The first-order valence-corrected chi connectivity index (χ1v) is 11.9. The number of hydrogen-bond acceptors (Lipinski definition) is 8. The number of hydrogen-bond donors (Lipinski definition) is 2. The number of sulfone groups is 1. The van der Waals surface area contributed by atoms with Gasteiger partial charge in [0.2, 0.25) is 5.88 Å². The summed E-state index contributed by atoms with van der Waals surface area (Å²) in [6.45, 7) is 0. The van der Waals surface area contributed by atoms with Crippen molar-refractivity contribution in [1.29, 1.82) is 5.26 Å². The molecule has 174 valence electrons. The average Bonchev–Trinajstić information content (AvgIpc) is 3.54. The Morgan fingerprint density at radius 3 is 2.69 bits per heavy atom. The first-order valence-electron chi connectivity index (χ1n) is 10.2. The Morgan fingerprint density at radius 2 is 1.94 bits per heavy atom. The van der Waals surface area contributed by atoms with E-state index < -0.39 is 21.4 Å². The van der Waals surface area contributed by atoms with E-state index in [9.17, 15) is 13.7 Å². The van der Waals surface area contributed by atoms with Crippen molar-refractivity contribution in [3.63, 3.8) is 0 Å². The lowest BCUT2D eigenvalue weighted by molar-refractivity contribution is 0.385. The molecule has 0 saturated carbocycles. The fourth-order valence-electron chi connectivity index (χ4n) is 3.83. The standard InChI is InChI=1S/C23H16FN7O3S/c1-34-23-18(3-2-7-29-23)35(32,33)12-17-16(11-25)13(6-8-26-17)14-4-5-15-20(19(14)24)30-31-21(15)22-27-9-10-28-22/h2-10H,12H2,1H3,(H,27,28)(H,30,31). The van der Waals surface area contributed by atoms with Crippen LogP contribution in [0.5, 0.6) is 5.88 Å². The van der Waals surface area contributed by atoms with Crippen molar-refractivity contribution in [2.75, 3.05) is 7.11 Å². The Labute approximate surface area is 198 Å². The van der Waals surface area contributed by atoms with Crippen molar-refractivity contribution in [2.24, 2.45) is 0 Å². The molecule has 5 rings (SSSR count). The molecule has 4 heterocycles. The van der Waals surface area contributed by atoms with E-state index in [2.05, 4.69) is 30.1 Å². The zero-order valence-electron chi connectivity index (χ0n) is 18.2. The van der Waals surface area contributed by atoms with E-state index in [-0.39, 0.29) is 38.7 Å². The lowest BCUT2D eigenvalue weighted by Crippen LogP contribution is -2.10. The van der Waals surface area contributed by atoms with Gasteiger partial charge in [0.05, 0.1) is 24.1 Å². The van der Waals surface area contributed by atoms with Crippen LogP contribution in [0.1, 0.15) is 11.3 Å². The summed E-state index contributed by atoms with van der Waals surface area (Å²) in [5.74, 6) is -0.827. The summed E-state index contributed by atoms with van der Waals surface area (Å²) in [6, 6.07) is 9.45. The molecule has 1 aromatic carbocycles. The first-order chi connectivity index (χ1) is 16.9. The van der Waals surface area contributed by atoms with Crippen molar-refractivity contribution in [2.45, 2.75) is 10.6 Å². The number of methoxy groups -OCH3 is 1. The zero-order chi connectivity index (χ0) is 24.6. The fraction of sp³-hybridized carbons (Fsp3) is 0.0870. The number of pyridine rings is 2. The molecule has 4 aromatic heterocycles. The Balaban J connectivity index is 1.60. The maximum atomic E-state index is 15.6. The number of ether oxygens (including phenoxy) is 1. The molecule has 35 heavy (non-hydrogen) atoms. The summed E-state index contributed by atoms with van der Waals surface area (Å²) in [5.41, 5.74) is 0.791. The van der Waals surface area contributed by atoms with Gasteiger partial charge in [-0.3, -0.25) is 10.1 Å². The van der Waals surface area contributed by atoms with Crippen molar-refractivity contribution in [3.8, 4) is 34.6 Å². The molecule has 0 saturated heterocycles. The monoisotopic (exact) mass is 489 g/mol. The molecule has 0 aliphatic rings. The molecule has 0 fully saturated rings. The van der Waals surface area contributed by atoms with Gasteiger partial charge in [0, 0.05) is 41.3 Å². The van der Waals surface area contributed by atoms with Gasteiger partial charge < -0.3 is 9.72 Å². The number of aromatic nitrogens is 6. The van der Waals surface area contributed by atoms with E-state index in [4.69, 9.17) is 4.74 Å². The molecule has 5 aromatic rings. The Morgan fingerprint density at radius 1 is 1.09 bits per heavy atom. The van der Waals surface area contributed by atoms with Crippen LogP contribution in [0.2, 0.25) is 0 Å². The number of aromatic amines is 2. The van der Waals surface area contributed by atoms with Crippen LogP contribution in [0.4, 0.5) is 4.39 Å². The van der Waals surface area contributed by atoms with Gasteiger partial charge in [-0.2, -0.15) is 10.4 Å². The largest absolute Gasteiger partial charge is 0.480 e. The summed E-state index contributed by atoms with van der Waals surface area (Å²) in [6.07, 6.45) is 5.95. The predicted octanol–water partition coefficient (Wildman–Crippen LogP) is 3.40. The van der Waals surface area contributed by atoms with Gasteiger partial charge >= 0.3 is 0 Å². The summed E-state index contributed by atoms with van der Waals surface area (Å²) >= 11 is 0. The highest BCUT2D eigenvalue weighted by Crippen LogP contribution is 2.34.